The molecule has 1 heterocycles. The number of nitrogens with zero attached hydrogens (tertiary/aromatic N) is 1. The summed E-state index contributed by atoms with van der Waals surface area (Å²) in [4.78, 5) is 2.38. The Morgan fingerprint density at radius 3 is 2.27 bits per heavy atom. The Labute approximate surface area is 93.5 Å². The molecule has 1 fully saturated rings. The molecule has 1 aliphatic rings. The van der Waals surface area contributed by atoms with E-state index in [1.807, 2.05) is 0 Å². The van der Waals surface area contributed by atoms with Gasteiger partial charge in [0.2, 0.25) is 0 Å². The molecule has 1 saturated heterocycles. The van der Waals surface area contributed by atoms with Crippen LogP contribution in [-0.2, 0) is 0 Å². The van der Waals surface area contributed by atoms with Crippen molar-refractivity contribution in [2.45, 2.75) is 46.1 Å². The quantitative estimate of drug-likeness (QED) is 0.552. The van der Waals surface area contributed by atoms with Crippen LogP contribution in [0.5, 0.6) is 0 Å². The summed E-state index contributed by atoms with van der Waals surface area (Å²) in [5.41, 5.74) is 5.61. The molecule has 0 amide bonds. The molecule has 0 radical (unpaired) electrons. The lowest BCUT2D eigenvalue weighted by molar-refractivity contribution is 0.137. The monoisotopic (exact) mass is 211 g/mol. The van der Waals surface area contributed by atoms with Gasteiger partial charge in [-0.1, -0.05) is 20.8 Å². The van der Waals surface area contributed by atoms with Gasteiger partial charge in [-0.2, -0.15) is 0 Å². The van der Waals surface area contributed by atoms with Gasteiger partial charge in [0.1, 0.15) is 5.84 Å². The number of hydrogen-bond donors (Lipinski definition) is 2. The lowest BCUT2D eigenvalue weighted by atomic mass is 9.86. The predicted octanol–water partition coefficient (Wildman–Crippen LogP) is 2.07. The summed E-state index contributed by atoms with van der Waals surface area (Å²) in [5, 5.41) is 7.56. The summed E-state index contributed by atoms with van der Waals surface area (Å²) in [5.74, 6) is 2.00. The van der Waals surface area contributed by atoms with E-state index >= 15 is 0 Å². The fraction of sp³-hybridized carbons (Fsp3) is 0.917. The molecule has 1 rings (SSSR count). The Hall–Kier alpha value is -0.570. The first-order valence-corrected chi connectivity index (χ1v) is 6.14. The first kappa shape index (κ1) is 12.5. The summed E-state index contributed by atoms with van der Waals surface area (Å²) in [6.07, 6.45) is 3.49. The minimum atomic E-state index is 0.179. The highest BCUT2D eigenvalue weighted by Crippen LogP contribution is 2.25. The third kappa shape index (κ3) is 3.20. The number of amidine groups is 1. The molecular formula is C12H25N3. The smallest absolute Gasteiger partial charge is 0.108 e. The summed E-state index contributed by atoms with van der Waals surface area (Å²) in [6, 6.07) is 0.179. The number of piperidine rings is 1. The average Bonchev–Trinajstić information content (AvgIpc) is 2.19. The van der Waals surface area contributed by atoms with Crippen molar-refractivity contribution in [2.24, 2.45) is 17.6 Å². The van der Waals surface area contributed by atoms with Crippen LogP contribution in [0.1, 0.15) is 40.0 Å². The highest BCUT2D eigenvalue weighted by molar-refractivity contribution is 5.82. The molecule has 1 aliphatic heterocycles. The topological polar surface area (TPSA) is 53.1 Å². The molecule has 3 heteroatoms. The van der Waals surface area contributed by atoms with Crippen molar-refractivity contribution in [3.8, 4) is 0 Å². The summed E-state index contributed by atoms with van der Waals surface area (Å²) < 4.78 is 0. The van der Waals surface area contributed by atoms with Crippen LogP contribution in [0.2, 0.25) is 0 Å². The summed E-state index contributed by atoms with van der Waals surface area (Å²) in [6.45, 7) is 8.95. The standard InChI is InChI=1S/C12H25N3/c1-4-11(12(13)14)15-7-5-10(6-8-15)9(2)3/h9-11H,4-8H2,1-3H3,(H3,13,14). The maximum Gasteiger partial charge on any atom is 0.108 e. The molecule has 0 bridgehead atoms. The molecule has 3 N–H and O–H groups in total. The fourth-order valence-electron chi connectivity index (χ4n) is 2.57. The minimum absolute atomic E-state index is 0.179. The van der Waals surface area contributed by atoms with Gasteiger partial charge in [-0.3, -0.25) is 10.3 Å². The van der Waals surface area contributed by atoms with Gasteiger partial charge in [0.05, 0.1) is 6.04 Å². The molecule has 0 aromatic rings. The number of rotatable bonds is 4. The van der Waals surface area contributed by atoms with Crippen LogP contribution in [0.4, 0.5) is 0 Å². The summed E-state index contributed by atoms with van der Waals surface area (Å²) in [7, 11) is 0. The van der Waals surface area contributed by atoms with Crippen LogP contribution in [0.25, 0.3) is 0 Å². The third-order valence-electron chi connectivity index (χ3n) is 3.70. The van der Waals surface area contributed by atoms with Crippen LogP contribution in [0, 0.1) is 17.2 Å². The van der Waals surface area contributed by atoms with Crippen LogP contribution in [-0.4, -0.2) is 29.9 Å². The molecular weight excluding hydrogens is 186 g/mol. The highest BCUT2D eigenvalue weighted by atomic mass is 15.2. The van der Waals surface area contributed by atoms with E-state index in [1.54, 1.807) is 0 Å². The molecule has 1 unspecified atom stereocenters. The fourth-order valence-corrected chi connectivity index (χ4v) is 2.57. The third-order valence-corrected chi connectivity index (χ3v) is 3.70. The number of likely N-dealkylation sites (tertiary alicyclic amines) is 1. The average molecular weight is 211 g/mol. The van der Waals surface area contributed by atoms with E-state index in [1.165, 1.54) is 12.8 Å². The second kappa shape index (κ2) is 5.50. The number of hydrogen-bond acceptors (Lipinski definition) is 2. The zero-order valence-electron chi connectivity index (χ0n) is 10.3. The van der Waals surface area contributed by atoms with Crippen LogP contribution >= 0.6 is 0 Å². The summed E-state index contributed by atoms with van der Waals surface area (Å²) >= 11 is 0. The van der Waals surface area contributed by atoms with Crippen LogP contribution in [0.3, 0.4) is 0 Å². The molecule has 0 aromatic carbocycles. The maximum atomic E-state index is 7.56. The Morgan fingerprint density at radius 2 is 1.93 bits per heavy atom. The minimum Gasteiger partial charge on any atom is -0.386 e. The van der Waals surface area contributed by atoms with Crippen molar-refractivity contribution in [3.63, 3.8) is 0 Å². The number of nitrogens with two attached hydrogens (primary N) is 1. The van der Waals surface area contributed by atoms with Crippen molar-refractivity contribution in [3.05, 3.63) is 0 Å². The Bertz CT molecular complexity index is 205. The first-order valence-electron chi connectivity index (χ1n) is 6.14. The van der Waals surface area contributed by atoms with Crippen molar-refractivity contribution in [2.75, 3.05) is 13.1 Å². The Morgan fingerprint density at radius 1 is 1.40 bits per heavy atom. The van der Waals surface area contributed by atoms with E-state index in [0.717, 1.165) is 31.3 Å². The molecule has 3 nitrogen and oxygen atoms in total. The largest absolute Gasteiger partial charge is 0.386 e. The second-order valence-corrected chi connectivity index (χ2v) is 5.00. The Balaban J connectivity index is 2.45. The van der Waals surface area contributed by atoms with Gasteiger partial charge in [-0.05, 0) is 44.2 Å². The van der Waals surface area contributed by atoms with Crippen LogP contribution < -0.4 is 5.73 Å². The van der Waals surface area contributed by atoms with E-state index in [-0.39, 0.29) is 6.04 Å². The lowest BCUT2D eigenvalue weighted by Crippen LogP contribution is -2.48. The van der Waals surface area contributed by atoms with Crippen molar-refractivity contribution in [1.29, 1.82) is 5.41 Å². The van der Waals surface area contributed by atoms with Gasteiger partial charge in [0.25, 0.3) is 0 Å². The van der Waals surface area contributed by atoms with E-state index in [2.05, 4.69) is 25.7 Å². The zero-order valence-corrected chi connectivity index (χ0v) is 10.3. The SMILES string of the molecule is CCC(C(=N)N)N1CCC(C(C)C)CC1. The van der Waals surface area contributed by atoms with Gasteiger partial charge in [0, 0.05) is 0 Å². The van der Waals surface area contributed by atoms with Crippen LogP contribution in [0.15, 0.2) is 0 Å². The lowest BCUT2D eigenvalue weighted by Gasteiger charge is -2.37. The Kier molecular flexibility index (Phi) is 4.58. The van der Waals surface area contributed by atoms with E-state index in [0.29, 0.717) is 5.84 Å². The zero-order chi connectivity index (χ0) is 11.4. The van der Waals surface area contributed by atoms with Gasteiger partial charge in [0.15, 0.2) is 0 Å². The number of nitrogens with one attached hydrogen (secondary N) is 1. The maximum absolute atomic E-state index is 7.56. The molecule has 15 heavy (non-hydrogen) atoms. The molecule has 0 aromatic heterocycles. The van der Waals surface area contributed by atoms with Crippen molar-refractivity contribution >= 4 is 5.84 Å². The molecule has 0 spiro atoms. The first-order chi connectivity index (χ1) is 7.06. The van der Waals surface area contributed by atoms with E-state index in [4.69, 9.17) is 11.1 Å². The van der Waals surface area contributed by atoms with Gasteiger partial charge in [-0.15, -0.1) is 0 Å². The normalized spacial score (nSPS) is 21.9. The van der Waals surface area contributed by atoms with Gasteiger partial charge < -0.3 is 5.73 Å². The van der Waals surface area contributed by atoms with Gasteiger partial charge in [-0.25, -0.2) is 0 Å². The highest BCUT2D eigenvalue weighted by Gasteiger charge is 2.26. The van der Waals surface area contributed by atoms with Crippen molar-refractivity contribution < 1.29 is 0 Å². The van der Waals surface area contributed by atoms with Crippen molar-refractivity contribution in [1.82, 2.24) is 4.90 Å². The molecule has 1 atom stereocenters. The predicted molar refractivity (Wildman–Crippen MR) is 65.1 cm³/mol. The van der Waals surface area contributed by atoms with E-state index < -0.39 is 0 Å². The second-order valence-electron chi connectivity index (χ2n) is 5.00. The molecule has 88 valence electrons. The van der Waals surface area contributed by atoms with E-state index in [9.17, 15) is 0 Å². The van der Waals surface area contributed by atoms with Gasteiger partial charge >= 0.3 is 0 Å². The molecule has 0 saturated carbocycles. The molecule has 0 aliphatic carbocycles.